The Morgan fingerprint density at radius 2 is 1.88 bits per heavy atom. The second-order valence-corrected chi connectivity index (χ2v) is 13.5. The number of halogens is 6. The highest BCUT2D eigenvalue weighted by Crippen LogP contribution is 2.47. The first-order chi connectivity index (χ1) is 24.8. The maximum absolute atomic E-state index is 15.9. The highest BCUT2D eigenvalue weighted by atomic mass is 32.1. The molecule has 52 heavy (non-hydrogen) atoms. The lowest BCUT2D eigenvalue weighted by Crippen LogP contribution is -2.30. The number of methoxy groups -OCH3 is 2. The van der Waals surface area contributed by atoms with Gasteiger partial charge in [-0.05, 0) is 63.3 Å². The van der Waals surface area contributed by atoms with Crippen LogP contribution in [0.3, 0.4) is 0 Å². The van der Waals surface area contributed by atoms with Crippen molar-refractivity contribution in [3.63, 3.8) is 0 Å². The molecule has 0 aliphatic carbocycles. The second-order valence-electron chi connectivity index (χ2n) is 12.5. The summed E-state index contributed by atoms with van der Waals surface area (Å²) in [7, 11) is 2.78. The maximum atomic E-state index is 15.9. The predicted octanol–water partition coefficient (Wildman–Crippen LogP) is 7.15. The van der Waals surface area contributed by atoms with Crippen molar-refractivity contribution in [1.29, 1.82) is 5.26 Å². The Balaban J connectivity index is 0.000000221. The minimum absolute atomic E-state index is 0.0444. The van der Waals surface area contributed by atoms with E-state index in [1.807, 2.05) is 4.90 Å². The van der Waals surface area contributed by atoms with Crippen molar-refractivity contribution < 1.29 is 40.6 Å². The third kappa shape index (κ3) is 8.13. The number of nitrogens with zero attached hydrogens (tertiary/aromatic N) is 5. The quantitative estimate of drug-likeness (QED) is 0.197. The molecule has 3 saturated heterocycles. The molecule has 1 amide bonds. The number of carbonyl (C=O) groups is 1. The fraction of sp³-hybridized carbons (Fsp3) is 0.486. The normalized spacial score (nSPS) is 18.4. The smallest absolute Gasteiger partial charge is 0.417 e. The van der Waals surface area contributed by atoms with Crippen LogP contribution in [0.2, 0.25) is 0 Å². The molecule has 5 heterocycles. The van der Waals surface area contributed by atoms with E-state index in [0.717, 1.165) is 57.1 Å². The fourth-order valence-electron chi connectivity index (χ4n) is 6.80. The van der Waals surface area contributed by atoms with Gasteiger partial charge in [0.25, 0.3) is 0 Å². The number of ether oxygens (including phenoxy) is 2. The first kappa shape index (κ1) is 38.8. The van der Waals surface area contributed by atoms with Crippen LogP contribution in [0.4, 0.5) is 37.2 Å². The Morgan fingerprint density at radius 1 is 1.15 bits per heavy atom. The number of nitrogens with one attached hydrogen (secondary N) is 1. The molecule has 0 bridgehead atoms. The van der Waals surface area contributed by atoms with Crippen LogP contribution in [0.1, 0.15) is 50.2 Å². The van der Waals surface area contributed by atoms with Gasteiger partial charge in [-0.1, -0.05) is 6.07 Å². The number of thiophene rings is 1. The maximum Gasteiger partial charge on any atom is 0.417 e. The van der Waals surface area contributed by atoms with Crippen molar-refractivity contribution in [1.82, 2.24) is 19.8 Å². The molecule has 0 saturated carbocycles. The van der Waals surface area contributed by atoms with Gasteiger partial charge in [0.2, 0.25) is 5.91 Å². The summed E-state index contributed by atoms with van der Waals surface area (Å²) in [5.74, 6) is -2.03. The van der Waals surface area contributed by atoms with Crippen molar-refractivity contribution in [3.05, 3.63) is 41.0 Å². The first-order valence-corrected chi connectivity index (χ1v) is 17.6. The number of hydrogen-bond acceptors (Lipinski definition) is 10. The van der Waals surface area contributed by atoms with Crippen molar-refractivity contribution in [2.45, 2.75) is 57.4 Å². The monoisotopic (exact) mass is 751 g/mol. The first-order valence-electron chi connectivity index (χ1n) is 16.8. The Labute approximate surface area is 300 Å². The van der Waals surface area contributed by atoms with E-state index in [-0.39, 0.29) is 62.5 Å². The number of benzene rings is 2. The summed E-state index contributed by atoms with van der Waals surface area (Å²) in [6.45, 7) is 5.91. The molecule has 3 N–H and O–H groups in total. The third-order valence-corrected chi connectivity index (χ3v) is 10.2. The zero-order chi connectivity index (χ0) is 37.7. The summed E-state index contributed by atoms with van der Waals surface area (Å²) in [6, 6.07) is 4.75. The highest BCUT2D eigenvalue weighted by Gasteiger charge is 2.38. The number of rotatable bonds is 6. The lowest BCUT2D eigenvalue weighted by atomic mass is 9.92. The number of nitrogens with two attached hydrogens (primary N) is 1. The molecule has 2 atom stereocenters. The van der Waals surface area contributed by atoms with E-state index in [1.54, 1.807) is 20.1 Å². The summed E-state index contributed by atoms with van der Waals surface area (Å²) in [5.41, 5.74) is 2.59. The average Bonchev–Trinajstić information content (AvgIpc) is 3.91. The highest BCUT2D eigenvalue weighted by molar-refractivity contribution is 7.23. The van der Waals surface area contributed by atoms with Gasteiger partial charge < -0.3 is 25.4 Å². The lowest BCUT2D eigenvalue weighted by Gasteiger charge is -2.18. The Morgan fingerprint density at radius 3 is 2.50 bits per heavy atom. The Hall–Kier alpha value is -4.40. The Kier molecular flexibility index (Phi) is 12.3. The van der Waals surface area contributed by atoms with Gasteiger partial charge in [-0.15, -0.1) is 11.3 Å². The van der Waals surface area contributed by atoms with Gasteiger partial charge in [-0.3, -0.25) is 9.69 Å². The van der Waals surface area contributed by atoms with E-state index < -0.39 is 40.6 Å². The van der Waals surface area contributed by atoms with Crippen LogP contribution < -0.4 is 15.8 Å². The van der Waals surface area contributed by atoms with Gasteiger partial charge in [0.1, 0.15) is 41.0 Å². The molecule has 3 aliphatic heterocycles. The summed E-state index contributed by atoms with van der Waals surface area (Å²) in [6.07, 6.45) is 0.112. The van der Waals surface area contributed by atoms with Crippen molar-refractivity contribution >= 4 is 49.1 Å². The standard InChI is InChI=1S/C21H14F5N5OS.C7H12FN.C7H13NO2/c1-3-29-19-9-6-11(21(24,25)26)14(15(23)16(9)30-20(31-19)32-2)8-4-5-12(22)17-13(8)10(7-27)18(28)33-17;8-6-4-7-2-1-3-9(7)5-6;1-10-6-7(9)8-4-2-3-5-8/h4-6H,3,28H2,1-2H3,(H,29,30,31);6-7H,1-5H2;2-6H2,1H3. The van der Waals surface area contributed by atoms with Crippen molar-refractivity contribution in [2.24, 2.45) is 0 Å². The summed E-state index contributed by atoms with van der Waals surface area (Å²) >= 11 is 0.698. The topological polar surface area (TPSA) is 130 Å². The number of amides is 1. The predicted molar refractivity (Wildman–Crippen MR) is 187 cm³/mol. The van der Waals surface area contributed by atoms with E-state index >= 15 is 4.39 Å². The van der Waals surface area contributed by atoms with Crippen LogP contribution in [0.15, 0.2) is 18.2 Å². The van der Waals surface area contributed by atoms with Crippen LogP contribution >= 0.6 is 11.3 Å². The molecule has 17 heteroatoms. The number of aromatic nitrogens is 2. The van der Waals surface area contributed by atoms with Gasteiger partial charge in [0.15, 0.2) is 5.82 Å². The number of anilines is 2. The molecular weight excluding hydrogens is 712 g/mol. The number of alkyl halides is 4. The molecule has 2 unspecified atom stereocenters. The summed E-state index contributed by atoms with van der Waals surface area (Å²) in [5, 5.41) is 11.8. The van der Waals surface area contributed by atoms with Gasteiger partial charge in [-0.25, -0.2) is 13.2 Å². The Bertz CT molecular complexity index is 1950. The van der Waals surface area contributed by atoms with Gasteiger partial charge in [0, 0.05) is 55.7 Å². The number of nitrogen functional groups attached to an aromatic ring is 1. The minimum Gasteiger partial charge on any atom is -0.467 e. The number of likely N-dealkylation sites (tertiary alicyclic amines) is 1. The largest absolute Gasteiger partial charge is 0.467 e. The van der Waals surface area contributed by atoms with Crippen LogP contribution in [-0.2, 0) is 15.7 Å². The summed E-state index contributed by atoms with van der Waals surface area (Å²) < 4.78 is 94.9. The molecule has 2 aromatic carbocycles. The molecule has 0 radical (unpaired) electrons. The third-order valence-electron chi connectivity index (χ3n) is 9.13. The SMILES string of the molecule is CCNc1nc(OC)nc2c(F)c(-c3ccc(F)c4sc(N)c(C#N)c34)c(C(F)(F)F)cc12.COCC(=O)N1CCCC1.FC1CC2CCCN2C1. The zero-order valence-corrected chi connectivity index (χ0v) is 29.7. The van der Waals surface area contributed by atoms with Crippen LogP contribution in [0.25, 0.3) is 32.1 Å². The molecular formula is C35H39F6N7O3S. The molecule has 10 nitrogen and oxygen atoms in total. The molecule has 0 spiro atoms. The number of hydrogen-bond donors (Lipinski definition) is 2. The average molecular weight is 752 g/mol. The lowest BCUT2D eigenvalue weighted by molar-refractivity contribution is -0.137. The van der Waals surface area contributed by atoms with Crippen molar-refractivity contribution in [3.8, 4) is 23.2 Å². The summed E-state index contributed by atoms with van der Waals surface area (Å²) in [4.78, 5) is 23.1. The van der Waals surface area contributed by atoms with Crippen LogP contribution in [-0.4, -0.2) is 91.4 Å². The number of fused-ring (bicyclic) bond motifs is 3. The van der Waals surface area contributed by atoms with Gasteiger partial charge >= 0.3 is 12.2 Å². The fourth-order valence-corrected chi connectivity index (χ4v) is 7.75. The van der Waals surface area contributed by atoms with Gasteiger partial charge in [-0.2, -0.15) is 28.4 Å². The van der Waals surface area contributed by atoms with Crippen LogP contribution in [0.5, 0.6) is 6.01 Å². The minimum atomic E-state index is -5.00. The molecule has 7 rings (SSSR count). The number of nitriles is 1. The molecule has 4 aromatic rings. The van der Waals surface area contributed by atoms with E-state index in [0.29, 0.717) is 23.9 Å². The number of carbonyl (C=O) groups excluding carboxylic acids is 1. The molecule has 3 aliphatic rings. The van der Waals surface area contributed by atoms with E-state index in [9.17, 15) is 32.0 Å². The van der Waals surface area contributed by atoms with E-state index in [4.69, 9.17) is 15.2 Å². The van der Waals surface area contributed by atoms with Gasteiger partial charge in [0.05, 0.1) is 22.9 Å². The second kappa shape index (κ2) is 16.5. The van der Waals surface area contributed by atoms with E-state index in [1.165, 1.54) is 20.0 Å². The van der Waals surface area contributed by atoms with Crippen molar-refractivity contribution in [2.75, 3.05) is 64.6 Å². The van der Waals surface area contributed by atoms with E-state index in [2.05, 4.69) is 20.2 Å². The molecule has 280 valence electrons. The molecule has 3 fully saturated rings. The van der Waals surface area contributed by atoms with Crippen LogP contribution in [0, 0.1) is 23.0 Å². The molecule has 2 aromatic heterocycles. The zero-order valence-electron chi connectivity index (χ0n) is 28.9.